The fraction of sp³-hybridized carbons (Fsp3) is 0.368. The number of nitrogens with two attached hydrogens (primary N) is 1. The second-order valence-electron chi connectivity index (χ2n) is 6.97. The van der Waals surface area contributed by atoms with Gasteiger partial charge in [0.2, 0.25) is 0 Å². The summed E-state index contributed by atoms with van der Waals surface area (Å²) in [7, 11) is 0. The van der Waals surface area contributed by atoms with Gasteiger partial charge in [0, 0.05) is 17.6 Å². The summed E-state index contributed by atoms with van der Waals surface area (Å²) in [6.07, 6.45) is 1.05. The van der Waals surface area contributed by atoms with Gasteiger partial charge in [-0.15, -0.1) is 5.10 Å². The molecule has 142 valence electrons. The Balaban J connectivity index is 1.65. The van der Waals surface area contributed by atoms with Crippen molar-refractivity contribution in [1.82, 2.24) is 14.6 Å². The van der Waals surface area contributed by atoms with Crippen molar-refractivity contribution in [3.05, 3.63) is 48.2 Å². The Hall–Kier alpha value is -2.61. The minimum atomic E-state index is -4.39. The molecule has 0 saturated heterocycles. The lowest BCUT2D eigenvalue weighted by Gasteiger charge is -2.27. The molecule has 3 N–H and O–H groups in total. The first-order chi connectivity index (χ1) is 12.9. The first-order valence-corrected chi connectivity index (χ1v) is 8.95. The summed E-state index contributed by atoms with van der Waals surface area (Å²) < 4.78 is 40.6. The molecule has 1 fully saturated rings. The van der Waals surface area contributed by atoms with Gasteiger partial charge >= 0.3 is 6.18 Å². The number of imidazole rings is 1. The standard InChI is InChI=1S/C19H20F3N5/c20-19(21,22)13-3-1-2-12(10-13)16-11-24-18-9-8-17(26-27(16)18)25-15-6-4-14(23)5-7-15/h1-3,8-11,14-15H,4-7,23H2,(H,25,26)/t14-,15-. The highest BCUT2D eigenvalue weighted by atomic mass is 19.4. The number of anilines is 1. The van der Waals surface area contributed by atoms with E-state index in [1.165, 1.54) is 6.07 Å². The Morgan fingerprint density at radius 3 is 2.59 bits per heavy atom. The third kappa shape index (κ3) is 3.75. The van der Waals surface area contributed by atoms with Crippen LogP contribution in [0.25, 0.3) is 16.9 Å². The van der Waals surface area contributed by atoms with Crippen molar-refractivity contribution in [3.63, 3.8) is 0 Å². The average Bonchev–Trinajstić information content (AvgIpc) is 3.06. The van der Waals surface area contributed by atoms with Gasteiger partial charge in [0.05, 0.1) is 17.5 Å². The van der Waals surface area contributed by atoms with Crippen LogP contribution in [-0.4, -0.2) is 26.7 Å². The largest absolute Gasteiger partial charge is 0.416 e. The van der Waals surface area contributed by atoms with E-state index in [9.17, 15) is 13.2 Å². The highest BCUT2D eigenvalue weighted by Crippen LogP contribution is 2.32. The van der Waals surface area contributed by atoms with Gasteiger partial charge in [0.25, 0.3) is 0 Å². The third-order valence-electron chi connectivity index (χ3n) is 4.97. The van der Waals surface area contributed by atoms with Crippen LogP contribution >= 0.6 is 0 Å². The Kier molecular flexibility index (Phi) is 4.51. The van der Waals surface area contributed by atoms with E-state index in [1.807, 2.05) is 6.07 Å². The highest BCUT2D eigenvalue weighted by molar-refractivity contribution is 5.64. The SMILES string of the molecule is N[C@H]1CC[C@H](Nc2ccc3ncc(-c4cccc(C(F)(F)F)c4)n3n2)CC1. The fourth-order valence-corrected chi connectivity index (χ4v) is 3.47. The number of hydrogen-bond donors (Lipinski definition) is 2. The second kappa shape index (κ2) is 6.84. The Labute approximate surface area is 154 Å². The molecule has 2 aromatic heterocycles. The second-order valence-corrected chi connectivity index (χ2v) is 6.97. The molecular formula is C19H20F3N5. The lowest BCUT2D eigenvalue weighted by atomic mass is 9.92. The summed E-state index contributed by atoms with van der Waals surface area (Å²) in [5.41, 5.74) is 6.77. The molecule has 0 bridgehead atoms. The Bertz CT molecular complexity index is 942. The maximum atomic E-state index is 13.0. The van der Waals surface area contributed by atoms with Gasteiger partial charge in [0.1, 0.15) is 5.82 Å². The molecule has 2 heterocycles. The van der Waals surface area contributed by atoms with E-state index >= 15 is 0 Å². The molecule has 0 aliphatic heterocycles. The smallest absolute Gasteiger partial charge is 0.366 e. The maximum Gasteiger partial charge on any atom is 0.416 e. The summed E-state index contributed by atoms with van der Waals surface area (Å²) in [6, 6.07) is 9.41. The zero-order chi connectivity index (χ0) is 19.0. The first kappa shape index (κ1) is 17.8. The van der Waals surface area contributed by atoms with Gasteiger partial charge in [-0.3, -0.25) is 0 Å². The van der Waals surface area contributed by atoms with E-state index in [-0.39, 0.29) is 6.04 Å². The van der Waals surface area contributed by atoms with Crippen LogP contribution in [-0.2, 0) is 6.18 Å². The topological polar surface area (TPSA) is 68.2 Å². The van der Waals surface area contributed by atoms with Crippen molar-refractivity contribution >= 4 is 11.5 Å². The summed E-state index contributed by atoms with van der Waals surface area (Å²) in [5, 5.41) is 7.95. The van der Waals surface area contributed by atoms with Gasteiger partial charge in [-0.05, 0) is 49.9 Å². The van der Waals surface area contributed by atoms with Crippen molar-refractivity contribution in [1.29, 1.82) is 0 Å². The van der Waals surface area contributed by atoms with Crippen molar-refractivity contribution in [2.75, 3.05) is 5.32 Å². The van der Waals surface area contributed by atoms with Crippen molar-refractivity contribution in [2.45, 2.75) is 43.9 Å². The van der Waals surface area contributed by atoms with Crippen LogP contribution in [0.5, 0.6) is 0 Å². The molecule has 8 heteroatoms. The molecule has 0 radical (unpaired) electrons. The molecule has 3 aromatic rings. The van der Waals surface area contributed by atoms with Crippen molar-refractivity contribution in [2.24, 2.45) is 5.73 Å². The lowest BCUT2D eigenvalue weighted by Crippen LogP contribution is -2.33. The number of hydrogen-bond acceptors (Lipinski definition) is 4. The minimum absolute atomic E-state index is 0.264. The van der Waals surface area contributed by atoms with Crippen molar-refractivity contribution < 1.29 is 13.2 Å². The minimum Gasteiger partial charge on any atom is -0.366 e. The zero-order valence-electron chi connectivity index (χ0n) is 14.6. The van der Waals surface area contributed by atoms with E-state index in [2.05, 4.69) is 15.4 Å². The van der Waals surface area contributed by atoms with Crippen LogP contribution in [0.1, 0.15) is 31.2 Å². The molecular weight excluding hydrogens is 355 g/mol. The maximum absolute atomic E-state index is 13.0. The van der Waals surface area contributed by atoms with Crippen LogP contribution in [0, 0.1) is 0 Å². The van der Waals surface area contributed by atoms with Gasteiger partial charge in [-0.1, -0.05) is 12.1 Å². The number of fused-ring (bicyclic) bond motifs is 1. The monoisotopic (exact) mass is 375 g/mol. The number of nitrogens with zero attached hydrogens (tertiary/aromatic N) is 3. The van der Waals surface area contributed by atoms with E-state index in [0.29, 0.717) is 28.8 Å². The normalized spacial score (nSPS) is 20.7. The lowest BCUT2D eigenvalue weighted by molar-refractivity contribution is -0.137. The summed E-state index contributed by atoms with van der Waals surface area (Å²) in [5.74, 6) is 0.675. The quantitative estimate of drug-likeness (QED) is 0.723. The molecule has 1 saturated carbocycles. The van der Waals surface area contributed by atoms with Gasteiger partial charge in [-0.25, -0.2) is 9.50 Å². The van der Waals surface area contributed by atoms with E-state index in [4.69, 9.17) is 5.73 Å². The number of benzene rings is 1. The van der Waals surface area contributed by atoms with E-state index < -0.39 is 11.7 Å². The van der Waals surface area contributed by atoms with E-state index in [0.717, 1.165) is 37.8 Å². The number of nitrogens with one attached hydrogen (secondary N) is 1. The van der Waals surface area contributed by atoms with Gasteiger partial charge < -0.3 is 11.1 Å². The Morgan fingerprint density at radius 1 is 1.07 bits per heavy atom. The predicted molar refractivity (Wildman–Crippen MR) is 97.3 cm³/mol. The van der Waals surface area contributed by atoms with Crippen LogP contribution < -0.4 is 11.1 Å². The summed E-state index contributed by atoms with van der Waals surface area (Å²) >= 11 is 0. The molecule has 1 aliphatic carbocycles. The number of halogens is 3. The van der Waals surface area contributed by atoms with Crippen LogP contribution in [0.2, 0.25) is 0 Å². The summed E-state index contributed by atoms with van der Waals surface area (Å²) in [6.45, 7) is 0. The molecule has 0 spiro atoms. The van der Waals surface area contributed by atoms with Crippen LogP contribution in [0.4, 0.5) is 19.0 Å². The zero-order valence-corrected chi connectivity index (χ0v) is 14.6. The highest BCUT2D eigenvalue weighted by Gasteiger charge is 2.30. The Morgan fingerprint density at radius 2 is 1.85 bits per heavy atom. The molecule has 5 nitrogen and oxygen atoms in total. The van der Waals surface area contributed by atoms with Crippen LogP contribution in [0.3, 0.4) is 0 Å². The number of rotatable bonds is 3. The van der Waals surface area contributed by atoms with Crippen LogP contribution in [0.15, 0.2) is 42.6 Å². The fourth-order valence-electron chi connectivity index (χ4n) is 3.47. The molecule has 1 aliphatic rings. The molecule has 1 aromatic carbocycles. The molecule has 27 heavy (non-hydrogen) atoms. The molecule has 4 rings (SSSR count). The van der Waals surface area contributed by atoms with E-state index in [1.54, 1.807) is 22.8 Å². The molecule has 0 atom stereocenters. The predicted octanol–water partition coefficient (Wildman–Crippen LogP) is 4.10. The molecule has 0 unspecified atom stereocenters. The molecule has 0 amide bonds. The third-order valence-corrected chi connectivity index (χ3v) is 4.97. The summed E-state index contributed by atoms with van der Waals surface area (Å²) in [4.78, 5) is 4.26. The average molecular weight is 375 g/mol. The number of alkyl halides is 3. The first-order valence-electron chi connectivity index (χ1n) is 8.95. The number of aromatic nitrogens is 3. The van der Waals surface area contributed by atoms with Gasteiger partial charge in [-0.2, -0.15) is 13.2 Å². The van der Waals surface area contributed by atoms with Gasteiger partial charge in [0.15, 0.2) is 5.65 Å². The van der Waals surface area contributed by atoms with Crippen molar-refractivity contribution in [3.8, 4) is 11.3 Å².